The second-order valence-corrected chi connectivity index (χ2v) is 8.86. The molecule has 0 bridgehead atoms. The van der Waals surface area contributed by atoms with Gasteiger partial charge in [-0.05, 0) is 29.8 Å². The average Bonchev–Trinajstić information content (AvgIpc) is 2.96. The van der Waals surface area contributed by atoms with Crippen LogP contribution in [-0.4, -0.2) is 51.0 Å². The van der Waals surface area contributed by atoms with Crippen LogP contribution < -0.4 is 9.47 Å². The van der Waals surface area contributed by atoms with Crippen LogP contribution in [0.1, 0.15) is 17.4 Å². The van der Waals surface area contributed by atoms with Crippen molar-refractivity contribution in [3.05, 3.63) is 109 Å². The van der Waals surface area contributed by atoms with Crippen LogP contribution in [0.4, 0.5) is 0 Å². The molecule has 2 saturated heterocycles. The second kappa shape index (κ2) is 12.4. The minimum Gasteiger partial charge on any atom is -0.497 e. The van der Waals surface area contributed by atoms with E-state index in [4.69, 9.17) is 33.2 Å². The number of ether oxygens (including phenoxy) is 7. The maximum Gasteiger partial charge on any atom is 0.229 e. The molecule has 2 aliphatic heterocycles. The molecule has 3 unspecified atom stereocenters. The normalized spacial score (nSPS) is 27.2. The maximum absolute atomic E-state index is 6.44. The lowest BCUT2D eigenvalue weighted by atomic mass is 9.97. The smallest absolute Gasteiger partial charge is 0.229 e. The summed E-state index contributed by atoms with van der Waals surface area (Å²) in [5, 5.41) is 0. The molecule has 0 spiro atoms. The molecule has 0 aromatic heterocycles. The lowest BCUT2D eigenvalue weighted by molar-refractivity contribution is -0.359. The van der Waals surface area contributed by atoms with Gasteiger partial charge >= 0.3 is 0 Å². The summed E-state index contributed by atoms with van der Waals surface area (Å²) in [6, 6.07) is 27.2. The summed E-state index contributed by atoms with van der Waals surface area (Å²) < 4.78 is 43.2. The van der Waals surface area contributed by atoms with Gasteiger partial charge in [-0.25, -0.2) is 0 Å². The van der Waals surface area contributed by atoms with E-state index in [0.717, 1.165) is 16.9 Å². The number of fused-ring (bicyclic) bond motifs is 1. The van der Waals surface area contributed by atoms with Gasteiger partial charge in [-0.1, -0.05) is 66.7 Å². The average molecular weight is 505 g/mol. The molecule has 2 heterocycles. The van der Waals surface area contributed by atoms with Crippen LogP contribution in [0.5, 0.6) is 11.5 Å². The van der Waals surface area contributed by atoms with Crippen molar-refractivity contribution in [1.82, 2.24) is 0 Å². The van der Waals surface area contributed by atoms with Crippen molar-refractivity contribution in [3.8, 4) is 11.5 Å². The van der Waals surface area contributed by atoms with Gasteiger partial charge in [0.2, 0.25) is 6.29 Å². The van der Waals surface area contributed by atoms with Gasteiger partial charge in [0.1, 0.15) is 35.9 Å². The first-order valence-corrected chi connectivity index (χ1v) is 12.4. The largest absolute Gasteiger partial charge is 0.497 e. The highest BCUT2D eigenvalue weighted by molar-refractivity contribution is 5.31. The zero-order chi connectivity index (χ0) is 25.5. The first-order chi connectivity index (χ1) is 18.2. The zero-order valence-corrected chi connectivity index (χ0v) is 20.8. The minimum atomic E-state index is -0.756. The van der Waals surface area contributed by atoms with Crippen LogP contribution >= 0.6 is 0 Å². The summed E-state index contributed by atoms with van der Waals surface area (Å²) in [6.07, 6.45) is -1.49. The zero-order valence-electron chi connectivity index (χ0n) is 20.8. The van der Waals surface area contributed by atoms with E-state index in [2.05, 4.69) is 6.58 Å². The Labute approximate surface area is 217 Å². The Morgan fingerprint density at radius 2 is 1.54 bits per heavy atom. The predicted octanol–water partition coefficient (Wildman–Crippen LogP) is 5.07. The molecule has 3 aromatic rings. The molecule has 0 amide bonds. The molecular formula is C30H32O7. The molecule has 5 rings (SSSR count). The van der Waals surface area contributed by atoms with Crippen molar-refractivity contribution in [3.63, 3.8) is 0 Å². The molecule has 0 aliphatic carbocycles. The Kier molecular flexibility index (Phi) is 8.50. The van der Waals surface area contributed by atoms with Gasteiger partial charge in [0.15, 0.2) is 6.29 Å². The van der Waals surface area contributed by atoms with Gasteiger partial charge < -0.3 is 33.2 Å². The summed E-state index contributed by atoms with van der Waals surface area (Å²) in [6.45, 7) is 4.84. The van der Waals surface area contributed by atoms with E-state index in [-0.39, 0.29) is 0 Å². The van der Waals surface area contributed by atoms with E-state index in [1.165, 1.54) is 0 Å². The SMILES string of the molecule is C=CCO[C@H]1C(OCc2ccccc2)[C@H](Oc2ccc(OC)cc2)OC2COC(c3ccccc3)O[C@@H]21. The second-order valence-electron chi connectivity index (χ2n) is 8.86. The van der Waals surface area contributed by atoms with Crippen molar-refractivity contribution in [1.29, 1.82) is 0 Å². The topological polar surface area (TPSA) is 64.6 Å². The summed E-state index contributed by atoms with van der Waals surface area (Å²) in [5.41, 5.74) is 1.96. The molecule has 2 aliphatic rings. The third-order valence-corrected chi connectivity index (χ3v) is 6.36. The van der Waals surface area contributed by atoms with Crippen LogP contribution in [0, 0.1) is 0 Å². The summed E-state index contributed by atoms with van der Waals surface area (Å²) in [4.78, 5) is 0. The highest BCUT2D eigenvalue weighted by Crippen LogP contribution is 2.37. The van der Waals surface area contributed by atoms with Gasteiger partial charge in [0.05, 0.1) is 26.9 Å². The molecule has 7 nitrogen and oxygen atoms in total. The van der Waals surface area contributed by atoms with E-state index in [0.29, 0.717) is 25.6 Å². The first kappa shape index (κ1) is 25.4. The number of hydrogen-bond donors (Lipinski definition) is 0. The molecule has 0 saturated carbocycles. The van der Waals surface area contributed by atoms with Crippen LogP contribution in [0.15, 0.2) is 97.6 Å². The molecule has 2 fully saturated rings. The van der Waals surface area contributed by atoms with Gasteiger partial charge in [-0.3, -0.25) is 0 Å². The number of benzene rings is 3. The van der Waals surface area contributed by atoms with E-state index in [1.54, 1.807) is 13.2 Å². The molecule has 0 radical (unpaired) electrons. The van der Waals surface area contributed by atoms with Crippen LogP contribution in [0.25, 0.3) is 0 Å². The fraction of sp³-hybridized carbons (Fsp3) is 0.333. The maximum atomic E-state index is 6.44. The predicted molar refractivity (Wildman–Crippen MR) is 137 cm³/mol. The van der Waals surface area contributed by atoms with E-state index < -0.39 is 37.0 Å². The molecule has 37 heavy (non-hydrogen) atoms. The van der Waals surface area contributed by atoms with E-state index in [1.807, 2.05) is 84.9 Å². The lowest BCUT2D eigenvalue weighted by Crippen LogP contribution is -2.64. The number of rotatable bonds is 10. The van der Waals surface area contributed by atoms with Gasteiger partial charge in [0.25, 0.3) is 0 Å². The van der Waals surface area contributed by atoms with Crippen molar-refractivity contribution < 1.29 is 33.2 Å². The minimum absolute atomic E-state index is 0.325. The summed E-state index contributed by atoms with van der Waals surface area (Å²) in [7, 11) is 1.63. The Bertz CT molecular complexity index is 1110. The fourth-order valence-electron chi connectivity index (χ4n) is 4.52. The third-order valence-electron chi connectivity index (χ3n) is 6.36. The van der Waals surface area contributed by atoms with E-state index in [9.17, 15) is 0 Å². The third kappa shape index (κ3) is 6.21. The number of methoxy groups -OCH3 is 1. The quantitative estimate of drug-likeness (QED) is 0.357. The van der Waals surface area contributed by atoms with E-state index >= 15 is 0 Å². The summed E-state index contributed by atoms with van der Waals surface area (Å²) >= 11 is 0. The first-order valence-electron chi connectivity index (χ1n) is 12.4. The van der Waals surface area contributed by atoms with Gasteiger partial charge in [0, 0.05) is 5.56 Å². The van der Waals surface area contributed by atoms with Crippen LogP contribution in [0.2, 0.25) is 0 Å². The highest BCUT2D eigenvalue weighted by Gasteiger charge is 2.52. The number of hydrogen-bond acceptors (Lipinski definition) is 7. The Balaban J connectivity index is 1.41. The molecule has 0 N–H and O–H groups in total. The summed E-state index contributed by atoms with van der Waals surface area (Å²) in [5.74, 6) is 1.36. The van der Waals surface area contributed by atoms with Crippen molar-refractivity contribution >= 4 is 0 Å². The Morgan fingerprint density at radius 1 is 0.838 bits per heavy atom. The highest BCUT2D eigenvalue weighted by atomic mass is 16.8. The Hall–Kier alpha value is -3.20. The molecule has 194 valence electrons. The molecule has 7 heteroatoms. The van der Waals surface area contributed by atoms with Crippen molar-refractivity contribution in [2.45, 2.75) is 43.6 Å². The molecule has 3 aromatic carbocycles. The Morgan fingerprint density at radius 3 is 2.24 bits per heavy atom. The monoisotopic (exact) mass is 504 g/mol. The standard InChI is InChI=1S/C30H32O7/c1-3-18-32-27-26-25(20-34-29(37-26)22-12-8-5-9-13-22)36-30(35-24-16-14-23(31-2)15-17-24)28(27)33-19-21-10-6-4-7-11-21/h3-17,25-30H,1,18-20H2,2H3/t25?,26-,27+,28?,29?,30+/m0/s1. The van der Waals surface area contributed by atoms with Crippen LogP contribution in [0.3, 0.4) is 0 Å². The molecular weight excluding hydrogens is 472 g/mol. The van der Waals surface area contributed by atoms with Crippen LogP contribution in [-0.2, 0) is 30.3 Å². The lowest BCUT2D eigenvalue weighted by Gasteiger charge is -2.48. The molecule has 6 atom stereocenters. The van der Waals surface area contributed by atoms with Crippen molar-refractivity contribution in [2.75, 3.05) is 20.3 Å². The van der Waals surface area contributed by atoms with Gasteiger partial charge in [-0.2, -0.15) is 0 Å². The van der Waals surface area contributed by atoms with Crippen molar-refractivity contribution in [2.24, 2.45) is 0 Å². The fourth-order valence-corrected chi connectivity index (χ4v) is 4.52. The van der Waals surface area contributed by atoms with Gasteiger partial charge in [-0.15, -0.1) is 6.58 Å².